The normalized spacial score (nSPS) is 15.5. The molecule has 0 radical (unpaired) electrons. The Morgan fingerprint density at radius 3 is 2.33 bits per heavy atom. The highest BCUT2D eigenvalue weighted by atomic mass is 79.9. The van der Waals surface area contributed by atoms with Crippen LogP contribution in [-0.2, 0) is 4.79 Å². The van der Waals surface area contributed by atoms with Crippen LogP contribution in [0.3, 0.4) is 0 Å². The van der Waals surface area contributed by atoms with E-state index in [9.17, 15) is 4.79 Å². The van der Waals surface area contributed by atoms with Gasteiger partial charge in [-0.3, -0.25) is 4.79 Å². The lowest BCUT2D eigenvalue weighted by Crippen LogP contribution is -2.36. The molecule has 0 aliphatic heterocycles. The number of hydrogen-bond donors (Lipinski definition) is 1. The molecule has 3 atom stereocenters. The standard InChI is InChI=1S/C18H28BrNO/c1-5-14(4)17(15-9-7-6-8-10-15)18(21)20-12-16(19)11-13(2)3/h6-10,13-14,16-17H,5,11-12H2,1-4H3,(H,20,21). The van der Waals surface area contributed by atoms with Gasteiger partial charge in [0.15, 0.2) is 0 Å². The zero-order chi connectivity index (χ0) is 15.8. The fourth-order valence-electron chi connectivity index (χ4n) is 2.55. The molecule has 0 heterocycles. The number of nitrogens with one attached hydrogen (secondary N) is 1. The molecule has 21 heavy (non-hydrogen) atoms. The number of carbonyl (C=O) groups excluding carboxylic acids is 1. The van der Waals surface area contributed by atoms with Crippen LogP contribution < -0.4 is 5.32 Å². The Bertz CT molecular complexity index is 418. The Labute approximate surface area is 137 Å². The molecule has 0 spiro atoms. The van der Waals surface area contributed by atoms with E-state index in [4.69, 9.17) is 0 Å². The molecule has 3 heteroatoms. The molecule has 1 aromatic rings. The highest BCUT2D eigenvalue weighted by Crippen LogP contribution is 2.27. The minimum absolute atomic E-state index is 0.0602. The summed E-state index contributed by atoms with van der Waals surface area (Å²) < 4.78 is 0. The van der Waals surface area contributed by atoms with Crippen molar-refractivity contribution in [2.75, 3.05) is 6.54 Å². The SMILES string of the molecule is CCC(C)C(C(=O)NCC(Br)CC(C)C)c1ccccc1. The van der Waals surface area contributed by atoms with Crippen molar-refractivity contribution in [1.82, 2.24) is 5.32 Å². The van der Waals surface area contributed by atoms with Gasteiger partial charge in [-0.05, 0) is 23.8 Å². The second-order valence-electron chi connectivity index (χ2n) is 6.25. The summed E-state index contributed by atoms with van der Waals surface area (Å²) in [5.41, 5.74) is 1.11. The highest BCUT2D eigenvalue weighted by molar-refractivity contribution is 9.09. The predicted molar refractivity (Wildman–Crippen MR) is 93.8 cm³/mol. The third-order valence-corrected chi connectivity index (χ3v) is 4.58. The molecule has 0 aromatic heterocycles. The minimum Gasteiger partial charge on any atom is -0.354 e. The summed E-state index contributed by atoms with van der Waals surface area (Å²) in [6.45, 7) is 9.37. The molecule has 118 valence electrons. The summed E-state index contributed by atoms with van der Waals surface area (Å²) in [5.74, 6) is 1.05. The van der Waals surface area contributed by atoms with Gasteiger partial charge in [-0.2, -0.15) is 0 Å². The van der Waals surface area contributed by atoms with Gasteiger partial charge < -0.3 is 5.32 Å². The topological polar surface area (TPSA) is 29.1 Å². The molecular formula is C18H28BrNO. The third kappa shape index (κ3) is 6.21. The molecule has 0 saturated heterocycles. The van der Waals surface area contributed by atoms with Crippen molar-refractivity contribution >= 4 is 21.8 Å². The first kappa shape index (κ1) is 18.2. The molecular weight excluding hydrogens is 326 g/mol. The van der Waals surface area contributed by atoms with Crippen LogP contribution in [0.15, 0.2) is 30.3 Å². The molecule has 3 unspecified atom stereocenters. The summed E-state index contributed by atoms with van der Waals surface area (Å²) in [7, 11) is 0. The van der Waals surface area contributed by atoms with Gasteiger partial charge in [-0.1, -0.05) is 80.4 Å². The highest BCUT2D eigenvalue weighted by Gasteiger charge is 2.25. The lowest BCUT2D eigenvalue weighted by Gasteiger charge is -2.23. The molecule has 1 aromatic carbocycles. The smallest absolute Gasteiger partial charge is 0.227 e. The zero-order valence-corrected chi connectivity index (χ0v) is 15.2. The minimum atomic E-state index is -0.0602. The van der Waals surface area contributed by atoms with Gasteiger partial charge in [0.1, 0.15) is 0 Å². The number of halogens is 1. The first-order valence-corrected chi connectivity index (χ1v) is 8.84. The molecule has 2 nitrogen and oxygen atoms in total. The average molecular weight is 354 g/mol. The molecule has 1 amide bonds. The van der Waals surface area contributed by atoms with Gasteiger partial charge in [-0.15, -0.1) is 0 Å². The van der Waals surface area contributed by atoms with Gasteiger partial charge in [0.05, 0.1) is 5.92 Å². The monoisotopic (exact) mass is 353 g/mol. The van der Waals surface area contributed by atoms with Crippen LogP contribution in [0.2, 0.25) is 0 Å². The fraction of sp³-hybridized carbons (Fsp3) is 0.611. The van der Waals surface area contributed by atoms with Crippen molar-refractivity contribution in [2.24, 2.45) is 11.8 Å². The second-order valence-corrected chi connectivity index (χ2v) is 7.54. The van der Waals surface area contributed by atoms with Gasteiger partial charge in [-0.25, -0.2) is 0 Å². The van der Waals surface area contributed by atoms with Crippen molar-refractivity contribution in [3.63, 3.8) is 0 Å². The van der Waals surface area contributed by atoms with E-state index in [0.717, 1.165) is 18.4 Å². The van der Waals surface area contributed by atoms with Gasteiger partial charge in [0.2, 0.25) is 5.91 Å². The van der Waals surface area contributed by atoms with E-state index in [0.29, 0.717) is 23.2 Å². The van der Waals surface area contributed by atoms with Crippen molar-refractivity contribution < 1.29 is 4.79 Å². The molecule has 0 bridgehead atoms. The molecule has 1 N–H and O–H groups in total. The summed E-state index contributed by atoms with van der Waals surface area (Å²) in [5, 5.41) is 3.12. The summed E-state index contributed by atoms with van der Waals surface area (Å²) in [6, 6.07) is 10.1. The first-order chi connectivity index (χ1) is 9.95. The van der Waals surface area contributed by atoms with Crippen molar-refractivity contribution in [3.05, 3.63) is 35.9 Å². The van der Waals surface area contributed by atoms with Crippen LogP contribution in [0.5, 0.6) is 0 Å². The van der Waals surface area contributed by atoms with Crippen LogP contribution in [-0.4, -0.2) is 17.3 Å². The van der Waals surface area contributed by atoms with Crippen LogP contribution in [0.25, 0.3) is 0 Å². The fourth-order valence-corrected chi connectivity index (χ4v) is 3.46. The molecule has 0 fully saturated rings. The van der Waals surface area contributed by atoms with Crippen LogP contribution in [0, 0.1) is 11.8 Å². The first-order valence-electron chi connectivity index (χ1n) is 7.92. The van der Waals surface area contributed by atoms with E-state index >= 15 is 0 Å². The average Bonchev–Trinajstić information content (AvgIpc) is 2.45. The molecule has 0 aliphatic carbocycles. The zero-order valence-electron chi connectivity index (χ0n) is 13.6. The Kier molecular flexibility index (Phi) is 8.02. The summed E-state index contributed by atoms with van der Waals surface area (Å²) in [4.78, 5) is 12.9. The van der Waals surface area contributed by atoms with Gasteiger partial charge in [0, 0.05) is 11.4 Å². The Morgan fingerprint density at radius 2 is 1.81 bits per heavy atom. The van der Waals surface area contributed by atoms with E-state index in [-0.39, 0.29) is 11.8 Å². The van der Waals surface area contributed by atoms with E-state index in [1.165, 1.54) is 0 Å². The number of amides is 1. The van der Waals surface area contributed by atoms with E-state index in [1.54, 1.807) is 0 Å². The third-order valence-electron chi connectivity index (χ3n) is 3.88. The Hall–Kier alpha value is -0.830. The summed E-state index contributed by atoms with van der Waals surface area (Å²) in [6.07, 6.45) is 2.07. The quantitative estimate of drug-likeness (QED) is 0.671. The Morgan fingerprint density at radius 1 is 1.19 bits per heavy atom. The number of benzene rings is 1. The maximum atomic E-state index is 12.6. The number of carbonyl (C=O) groups is 1. The number of rotatable bonds is 8. The predicted octanol–water partition coefficient (Wildman–Crippen LogP) is 4.74. The van der Waals surface area contributed by atoms with Crippen LogP contribution >= 0.6 is 15.9 Å². The molecule has 1 rings (SSSR count). The van der Waals surface area contributed by atoms with Gasteiger partial charge in [0.25, 0.3) is 0 Å². The largest absolute Gasteiger partial charge is 0.354 e. The van der Waals surface area contributed by atoms with E-state index in [1.807, 2.05) is 18.2 Å². The van der Waals surface area contributed by atoms with E-state index < -0.39 is 0 Å². The maximum Gasteiger partial charge on any atom is 0.227 e. The summed E-state index contributed by atoms with van der Waals surface area (Å²) >= 11 is 3.65. The van der Waals surface area contributed by atoms with Crippen molar-refractivity contribution in [2.45, 2.75) is 51.3 Å². The molecule has 0 saturated carbocycles. The lowest BCUT2D eigenvalue weighted by molar-refractivity contribution is -0.123. The van der Waals surface area contributed by atoms with Gasteiger partial charge >= 0.3 is 0 Å². The van der Waals surface area contributed by atoms with E-state index in [2.05, 4.69) is 61.1 Å². The Balaban J connectivity index is 2.69. The van der Waals surface area contributed by atoms with Crippen LogP contribution in [0.1, 0.15) is 52.0 Å². The molecule has 0 aliphatic rings. The second kappa shape index (κ2) is 9.24. The van der Waals surface area contributed by atoms with Crippen molar-refractivity contribution in [3.8, 4) is 0 Å². The van der Waals surface area contributed by atoms with Crippen molar-refractivity contribution in [1.29, 1.82) is 0 Å². The maximum absolute atomic E-state index is 12.6. The number of hydrogen-bond acceptors (Lipinski definition) is 1. The lowest BCUT2D eigenvalue weighted by atomic mass is 9.85. The van der Waals surface area contributed by atoms with Crippen LogP contribution in [0.4, 0.5) is 0 Å². The number of alkyl halides is 1.